The van der Waals surface area contributed by atoms with Gasteiger partial charge in [0, 0.05) is 33.3 Å². The second-order valence-corrected chi connectivity index (χ2v) is 4.93. The molecular formula is C15H19O6P. The zero-order valence-corrected chi connectivity index (χ0v) is 13.5. The summed E-state index contributed by atoms with van der Waals surface area (Å²) in [5.41, 5.74) is 1.55. The number of carbonyl (C=O) groups excluding carboxylic acids is 1. The minimum atomic E-state index is -0.462. The van der Waals surface area contributed by atoms with Gasteiger partial charge in [-0.05, 0) is 6.07 Å². The van der Waals surface area contributed by atoms with Gasteiger partial charge in [0.1, 0.15) is 5.76 Å². The molecule has 0 aliphatic heterocycles. The van der Waals surface area contributed by atoms with Gasteiger partial charge in [-0.2, -0.15) is 0 Å². The van der Waals surface area contributed by atoms with Crippen LogP contribution in [0.4, 0.5) is 0 Å². The number of hydrogen-bond donors (Lipinski definition) is 1. The Balaban J connectivity index is 2.36. The molecule has 1 N–H and O–H groups in total. The fourth-order valence-corrected chi connectivity index (χ4v) is 2.36. The topological polar surface area (TPSA) is 78.1 Å². The predicted molar refractivity (Wildman–Crippen MR) is 83.9 cm³/mol. The van der Waals surface area contributed by atoms with Gasteiger partial charge in [-0.15, -0.1) is 0 Å². The van der Waals surface area contributed by atoms with Crippen molar-refractivity contribution in [1.29, 1.82) is 0 Å². The average molecular weight is 326 g/mol. The number of carbonyl (C=O) groups is 1. The molecule has 0 saturated heterocycles. The van der Waals surface area contributed by atoms with Crippen LogP contribution in [0, 0.1) is 0 Å². The third-order valence-corrected chi connectivity index (χ3v) is 3.48. The third-order valence-electron chi connectivity index (χ3n) is 3.25. The minimum absolute atomic E-state index is 0.00704. The molecule has 0 radical (unpaired) electrons. The first-order chi connectivity index (χ1) is 10.7. The second kappa shape index (κ2) is 8.13. The van der Waals surface area contributed by atoms with Crippen molar-refractivity contribution in [2.75, 3.05) is 26.9 Å². The molecule has 0 fully saturated rings. The van der Waals surface area contributed by atoms with Gasteiger partial charge < -0.3 is 23.5 Å². The summed E-state index contributed by atoms with van der Waals surface area (Å²) in [6, 6.07) is 5.48. The number of ether oxygens (including phenoxy) is 2. The van der Waals surface area contributed by atoms with Crippen LogP contribution in [0.5, 0.6) is 5.75 Å². The van der Waals surface area contributed by atoms with Crippen LogP contribution in [0.3, 0.4) is 0 Å². The molecule has 0 aliphatic carbocycles. The van der Waals surface area contributed by atoms with Crippen LogP contribution in [-0.2, 0) is 26.9 Å². The molecular weight excluding hydrogens is 307 g/mol. The van der Waals surface area contributed by atoms with Gasteiger partial charge in [0.15, 0.2) is 17.9 Å². The fraction of sp³-hybridized carbons (Fsp3) is 0.400. The molecule has 0 bridgehead atoms. The number of benzene rings is 1. The van der Waals surface area contributed by atoms with Crippen LogP contribution >= 0.6 is 9.47 Å². The normalized spacial score (nSPS) is 10.9. The lowest BCUT2D eigenvalue weighted by molar-refractivity contribution is -0.142. The lowest BCUT2D eigenvalue weighted by Crippen LogP contribution is -2.12. The smallest absolute Gasteiger partial charge is 0.343 e. The van der Waals surface area contributed by atoms with Gasteiger partial charge in [-0.1, -0.05) is 12.1 Å². The van der Waals surface area contributed by atoms with E-state index in [2.05, 4.69) is 14.2 Å². The van der Waals surface area contributed by atoms with E-state index in [9.17, 15) is 9.90 Å². The summed E-state index contributed by atoms with van der Waals surface area (Å²) in [5.74, 6) is 0.713. The summed E-state index contributed by atoms with van der Waals surface area (Å²) >= 11 is 0. The van der Waals surface area contributed by atoms with Crippen molar-refractivity contribution in [1.82, 2.24) is 0 Å². The molecule has 6 nitrogen and oxygen atoms in total. The number of hydrogen-bond acceptors (Lipinski definition) is 6. The maximum absolute atomic E-state index is 11.2. The Bertz CT molecular complexity index is 636. The average Bonchev–Trinajstić information content (AvgIpc) is 2.88. The third kappa shape index (κ3) is 3.77. The van der Waals surface area contributed by atoms with Crippen molar-refractivity contribution >= 4 is 26.4 Å². The fourth-order valence-electron chi connectivity index (χ4n) is 2.24. The molecule has 1 atom stereocenters. The molecule has 1 unspecified atom stereocenters. The molecule has 0 aliphatic rings. The molecule has 2 aromatic rings. The molecule has 7 heteroatoms. The summed E-state index contributed by atoms with van der Waals surface area (Å²) in [7, 11) is 3.52. The highest BCUT2D eigenvalue weighted by molar-refractivity contribution is 7.09. The van der Waals surface area contributed by atoms with Crippen molar-refractivity contribution < 1.29 is 28.3 Å². The SMILES string of the molecule is COC(=O)COc1cccc2c(CCOP)c(CCO)oc12. The molecule has 2 rings (SSSR count). The summed E-state index contributed by atoms with van der Waals surface area (Å²) in [4.78, 5) is 11.2. The van der Waals surface area contributed by atoms with Crippen molar-refractivity contribution in [3.05, 3.63) is 29.5 Å². The van der Waals surface area contributed by atoms with Crippen LogP contribution < -0.4 is 4.74 Å². The van der Waals surface area contributed by atoms with E-state index in [4.69, 9.17) is 13.7 Å². The highest BCUT2D eigenvalue weighted by Crippen LogP contribution is 2.33. The van der Waals surface area contributed by atoms with Crippen LogP contribution in [0.25, 0.3) is 11.0 Å². The summed E-state index contributed by atoms with van der Waals surface area (Å²) < 4.78 is 20.9. The Labute approximate surface area is 130 Å². The first-order valence-electron chi connectivity index (χ1n) is 6.86. The van der Waals surface area contributed by atoms with Crippen LogP contribution in [0.15, 0.2) is 22.6 Å². The number of esters is 1. The number of rotatable bonds is 8. The van der Waals surface area contributed by atoms with Crippen molar-refractivity contribution in [3.63, 3.8) is 0 Å². The Kier molecular flexibility index (Phi) is 6.19. The highest BCUT2D eigenvalue weighted by atomic mass is 31.0. The first kappa shape index (κ1) is 16.7. The first-order valence-corrected chi connectivity index (χ1v) is 7.33. The molecule has 0 spiro atoms. The van der Waals surface area contributed by atoms with Crippen LogP contribution in [0.2, 0.25) is 0 Å². The van der Waals surface area contributed by atoms with E-state index in [1.54, 1.807) is 6.07 Å². The van der Waals surface area contributed by atoms with Gasteiger partial charge in [0.05, 0.1) is 20.3 Å². The zero-order chi connectivity index (χ0) is 15.9. The predicted octanol–water partition coefficient (Wildman–Crippen LogP) is 1.87. The summed E-state index contributed by atoms with van der Waals surface area (Å²) in [6.45, 7) is 0.327. The van der Waals surface area contributed by atoms with Gasteiger partial charge >= 0.3 is 5.97 Å². The molecule has 1 heterocycles. The van der Waals surface area contributed by atoms with Gasteiger partial charge in [-0.25, -0.2) is 4.79 Å². The molecule has 120 valence electrons. The molecule has 0 saturated carbocycles. The van der Waals surface area contributed by atoms with E-state index in [1.807, 2.05) is 12.1 Å². The number of fused-ring (bicyclic) bond motifs is 1. The maximum Gasteiger partial charge on any atom is 0.343 e. The van der Waals surface area contributed by atoms with Gasteiger partial charge in [0.25, 0.3) is 0 Å². The van der Waals surface area contributed by atoms with Crippen molar-refractivity contribution in [3.8, 4) is 5.75 Å². The Hall–Kier alpha value is -1.62. The molecule has 22 heavy (non-hydrogen) atoms. The van der Waals surface area contributed by atoms with Crippen LogP contribution in [0.1, 0.15) is 11.3 Å². The van der Waals surface area contributed by atoms with E-state index < -0.39 is 5.97 Å². The quantitative estimate of drug-likeness (QED) is 0.589. The van der Waals surface area contributed by atoms with Crippen molar-refractivity contribution in [2.24, 2.45) is 0 Å². The van der Waals surface area contributed by atoms with E-state index in [0.29, 0.717) is 36.5 Å². The zero-order valence-electron chi connectivity index (χ0n) is 12.3. The number of methoxy groups -OCH3 is 1. The monoisotopic (exact) mass is 326 g/mol. The Morgan fingerprint density at radius 3 is 2.86 bits per heavy atom. The summed E-state index contributed by atoms with van der Waals surface area (Å²) in [5, 5.41) is 10.1. The van der Waals surface area contributed by atoms with Crippen LogP contribution in [-0.4, -0.2) is 38.0 Å². The summed E-state index contributed by atoms with van der Waals surface area (Å²) in [6.07, 6.45) is 1.07. The minimum Gasteiger partial charge on any atom is -0.478 e. The Morgan fingerprint density at radius 2 is 2.18 bits per heavy atom. The lowest BCUT2D eigenvalue weighted by atomic mass is 10.1. The van der Waals surface area contributed by atoms with E-state index in [0.717, 1.165) is 10.9 Å². The number of aliphatic hydroxyl groups is 1. The Morgan fingerprint density at radius 1 is 1.36 bits per heavy atom. The lowest BCUT2D eigenvalue weighted by Gasteiger charge is -2.05. The van der Waals surface area contributed by atoms with Gasteiger partial charge in [-0.3, -0.25) is 0 Å². The highest BCUT2D eigenvalue weighted by Gasteiger charge is 2.17. The molecule has 1 aromatic carbocycles. The number of furan rings is 1. The van der Waals surface area contributed by atoms with Crippen molar-refractivity contribution in [2.45, 2.75) is 12.8 Å². The van der Waals surface area contributed by atoms with E-state index in [1.165, 1.54) is 7.11 Å². The molecule has 1 aromatic heterocycles. The maximum atomic E-state index is 11.2. The standard InChI is InChI=1S/C15H19O6P/c1-18-14(17)9-19-13-4-2-3-11-10(6-8-20-22)12(5-7-16)21-15(11)13/h2-4,16H,5-9,22H2,1H3. The number of aliphatic hydroxyl groups excluding tert-OH is 1. The molecule has 0 amide bonds. The number of para-hydroxylation sites is 1. The second-order valence-electron chi connectivity index (χ2n) is 4.60. The van der Waals surface area contributed by atoms with Gasteiger partial charge in [0.2, 0.25) is 0 Å². The van der Waals surface area contributed by atoms with E-state index >= 15 is 0 Å². The van der Waals surface area contributed by atoms with E-state index in [-0.39, 0.29) is 13.2 Å². The largest absolute Gasteiger partial charge is 0.478 e.